The molecule has 0 aliphatic heterocycles. The van der Waals surface area contributed by atoms with Gasteiger partial charge in [-0.1, -0.05) is 19.1 Å². The van der Waals surface area contributed by atoms with Gasteiger partial charge in [0.25, 0.3) is 0 Å². The van der Waals surface area contributed by atoms with Crippen molar-refractivity contribution in [1.82, 2.24) is 0 Å². The SMILES string of the molecule is COc1cccc(CS(=O)CC(C)CN)c1F. The minimum atomic E-state index is -1.10. The maximum Gasteiger partial charge on any atom is 0.169 e. The topological polar surface area (TPSA) is 52.3 Å². The van der Waals surface area contributed by atoms with E-state index in [1.54, 1.807) is 18.2 Å². The van der Waals surface area contributed by atoms with Crippen molar-refractivity contribution < 1.29 is 13.3 Å². The average Bonchev–Trinajstić information content (AvgIpc) is 2.31. The molecule has 0 amide bonds. The Hall–Kier alpha value is -0.940. The quantitative estimate of drug-likeness (QED) is 0.845. The number of methoxy groups -OCH3 is 1. The van der Waals surface area contributed by atoms with Crippen molar-refractivity contribution in [2.24, 2.45) is 11.7 Å². The summed E-state index contributed by atoms with van der Waals surface area (Å²) in [5.74, 6) is 0.639. The summed E-state index contributed by atoms with van der Waals surface area (Å²) in [6.07, 6.45) is 0. The lowest BCUT2D eigenvalue weighted by Gasteiger charge is -2.10. The number of hydrogen-bond donors (Lipinski definition) is 1. The molecule has 17 heavy (non-hydrogen) atoms. The van der Waals surface area contributed by atoms with Crippen LogP contribution in [-0.2, 0) is 16.6 Å². The molecule has 2 unspecified atom stereocenters. The number of halogens is 1. The first-order valence-electron chi connectivity index (χ1n) is 5.45. The summed E-state index contributed by atoms with van der Waals surface area (Å²) in [6.45, 7) is 2.42. The van der Waals surface area contributed by atoms with Crippen LogP contribution in [0.25, 0.3) is 0 Å². The van der Waals surface area contributed by atoms with Crippen LogP contribution in [0.3, 0.4) is 0 Å². The van der Waals surface area contributed by atoms with Crippen molar-refractivity contribution in [1.29, 1.82) is 0 Å². The van der Waals surface area contributed by atoms with Gasteiger partial charge < -0.3 is 10.5 Å². The second-order valence-electron chi connectivity index (χ2n) is 4.03. The lowest BCUT2D eigenvalue weighted by atomic mass is 10.2. The molecule has 1 aromatic carbocycles. The first-order valence-corrected chi connectivity index (χ1v) is 6.93. The molecule has 96 valence electrons. The summed E-state index contributed by atoms with van der Waals surface area (Å²) in [5.41, 5.74) is 5.88. The predicted molar refractivity (Wildman–Crippen MR) is 67.9 cm³/mol. The molecule has 5 heteroatoms. The third-order valence-corrected chi connectivity index (χ3v) is 4.03. The van der Waals surface area contributed by atoms with Gasteiger partial charge in [0.1, 0.15) is 0 Å². The first-order chi connectivity index (χ1) is 8.08. The Kier molecular flexibility index (Phi) is 5.58. The zero-order chi connectivity index (χ0) is 12.8. The summed E-state index contributed by atoms with van der Waals surface area (Å²) in [7, 11) is 0.315. The van der Waals surface area contributed by atoms with E-state index in [1.807, 2.05) is 6.92 Å². The molecule has 1 aromatic rings. The van der Waals surface area contributed by atoms with Gasteiger partial charge in [-0.25, -0.2) is 4.39 Å². The van der Waals surface area contributed by atoms with Crippen molar-refractivity contribution in [2.45, 2.75) is 12.7 Å². The second kappa shape index (κ2) is 6.71. The molecule has 2 atom stereocenters. The van der Waals surface area contributed by atoms with E-state index in [4.69, 9.17) is 10.5 Å². The molecule has 0 aliphatic carbocycles. The molecule has 0 bridgehead atoms. The number of rotatable bonds is 6. The minimum Gasteiger partial charge on any atom is -0.494 e. The van der Waals surface area contributed by atoms with Gasteiger partial charge in [-0.15, -0.1) is 0 Å². The second-order valence-corrected chi connectivity index (χ2v) is 5.53. The molecule has 0 saturated carbocycles. The summed E-state index contributed by atoms with van der Waals surface area (Å²) in [6, 6.07) is 4.87. The van der Waals surface area contributed by atoms with Crippen LogP contribution in [-0.4, -0.2) is 23.6 Å². The summed E-state index contributed by atoms with van der Waals surface area (Å²) in [4.78, 5) is 0. The molecule has 3 nitrogen and oxygen atoms in total. The predicted octanol–water partition coefficient (Wildman–Crippen LogP) is 1.68. The van der Waals surface area contributed by atoms with E-state index < -0.39 is 16.6 Å². The summed E-state index contributed by atoms with van der Waals surface area (Å²) >= 11 is 0. The number of benzene rings is 1. The third-order valence-electron chi connectivity index (χ3n) is 2.45. The zero-order valence-corrected chi connectivity index (χ0v) is 10.9. The van der Waals surface area contributed by atoms with E-state index in [2.05, 4.69) is 0 Å². The number of nitrogens with two attached hydrogens (primary N) is 1. The van der Waals surface area contributed by atoms with Crippen molar-refractivity contribution in [3.8, 4) is 5.75 Å². The Labute approximate surface area is 104 Å². The standard InChI is InChI=1S/C12H18FNO2S/c1-9(6-14)7-17(15)8-10-4-3-5-11(16-2)12(10)13/h3-5,9H,6-8,14H2,1-2H3. The maximum absolute atomic E-state index is 13.8. The van der Waals surface area contributed by atoms with Crippen LogP contribution in [0.5, 0.6) is 5.75 Å². The van der Waals surface area contributed by atoms with Crippen molar-refractivity contribution in [3.63, 3.8) is 0 Å². The molecular formula is C12H18FNO2S. The van der Waals surface area contributed by atoms with Crippen LogP contribution >= 0.6 is 0 Å². The molecule has 2 N–H and O–H groups in total. The van der Waals surface area contributed by atoms with Gasteiger partial charge >= 0.3 is 0 Å². The van der Waals surface area contributed by atoms with E-state index in [-0.39, 0.29) is 17.4 Å². The third kappa shape index (κ3) is 4.09. The van der Waals surface area contributed by atoms with Crippen LogP contribution in [0.1, 0.15) is 12.5 Å². The molecular weight excluding hydrogens is 241 g/mol. The molecule has 0 saturated heterocycles. The fourth-order valence-corrected chi connectivity index (χ4v) is 2.90. The van der Waals surface area contributed by atoms with E-state index in [9.17, 15) is 8.60 Å². The van der Waals surface area contributed by atoms with Crippen molar-refractivity contribution in [3.05, 3.63) is 29.6 Å². The van der Waals surface area contributed by atoms with Crippen LogP contribution in [0.2, 0.25) is 0 Å². The Morgan fingerprint density at radius 1 is 1.53 bits per heavy atom. The fourth-order valence-electron chi connectivity index (χ4n) is 1.44. The molecule has 0 fully saturated rings. The largest absolute Gasteiger partial charge is 0.494 e. The molecule has 1 rings (SSSR count). The van der Waals surface area contributed by atoms with E-state index in [1.165, 1.54) is 7.11 Å². The average molecular weight is 259 g/mol. The van der Waals surface area contributed by atoms with Gasteiger partial charge in [0, 0.05) is 22.1 Å². The van der Waals surface area contributed by atoms with Gasteiger partial charge in [0.2, 0.25) is 0 Å². The van der Waals surface area contributed by atoms with E-state index in [0.29, 0.717) is 17.9 Å². The Morgan fingerprint density at radius 3 is 2.82 bits per heavy atom. The van der Waals surface area contributed by atoms with Crippen LogP contribution < -0.4 is 10.5 Å². The Bertz CT molecular complexity index is 398. The van der Waals surface area contributed by atoms with E-state index >= 15 is 0 Å². The van der Waals surface area contributed by atoms with Crippen LogP contribution in [0, 0.1) is 11.7 Å². The Balaban J connectivity index is 2.71. The fraction of sp³-hybridized carbons (Fsp3) is 0.500. The maximum atomic E-state index is 13.8. The highest BCUT2D eigenvalue weighted by atomic mass is 32.2. The molecule has 0 spiro atoms. The van der Waals surface area contributed by atoms with Crippen molar-refractivity contribution in [2.75, 3.05) is 19.4 Å². The molecule has 0 aromatic heterocycles. The highest BCUT2D eigenvalue weighted by molar-refractivity contribution is 7.84. The monoisotopic (exact) mass is 259 g/mol. The van der Waals surface area contributed by atoms with Crippen LogP contribution in [0.15, 0.2) is 18.2 Å². The number of ether oxygens (including phenoxy) is 1. The summed E-state index contributed by atoms with van der Waals surface area (Å²) in [5, 5.41) is 0. The van der Waals surface area contributed by atoms with Crippen molar-refractivity contribution >= 4 is 10.8 Å². The number of hydrogen-bond acceptors (Lipinski definition) is 3. The molecule has 0 heterocycles. The smallest absolute Gasteiger partial charge is 0.169 e. The zero-order valence-electron chi connectivity index (χ0n) is 10.1. The lowest BCUT2D eigenvalue weighted by molar-refractivity contribution is 0.385. The van der Waals surface area contributed by atoms with E-state index in [0.717, 1.165) is 0 Å². The normalized spacial score (nSPS) is 14.4. The highest BCUT2D eigenvalue weighted by Crippen LogP contribution is 2.21. The Morgan fingerprint density at radius 2 is 2.24 bits per heavy atom. The lowest BCUT2D eigenvalue weighted by Crippen LogP contribution is -2.18. The minimum absolute atomic E-state index is 0.185. The molecule has 0 radical (unpaired) electrons. The summed E-state index contributed by atoms with van der Waals surface area (Å²) < 4.78 is 30.4. The first kappa shape index (κ1) is 14.1. The van der Waals surface area contributed by atoms with Gasteiger partial charge in [0.15, 0.2) is 11.6 Å². The van der Waals surface area contributed by atoms with Gasteiger partial charge in [-0.05, 0) is 18.5 Å². The highest BCUT2D eigenvalue weighted by Gasteiger charge is 2.12. The van der Waals surface area contributed by atoms with Gasteiger partial charge in [0.05, 0.1) is 12.9 Å². The van der Waals surface area contributed by atoms with Gasteiger partial charge in [-0.2, -0.15) is 0 Å². The van der Waals surface area contributed by atoms with Gasteiger partial charge in [-0.3, -0.25) is 4.21 Å². The molecule has 0 aliphatic rings. The van der Waals surface area contributed by atoms with Crippen LogP contribution in [0.4, 0.5) is 4.39 Å².